The first-order valence-corrected chi connectivity index (χ1v) is 6.83. The summed E-state index contributed by atoms with van der Waals surface area (Å²) in [6, 6.07) is 12.9. The van der Waals surface area contributed by atoms with Gasteiger partial charge in [-0.15, -0.1) is 0 Å². The van der Waals surface area contributed by atoms with Gasteiger partial charge < -0.3 is 4.74 Å². The first-order valence-electron chi connectivity index (χ1n) is 6.03. The molecule has 2 aromatic carbocycles. The van der Waals surface area contributed by atoms with Gasteiger partial charge in [-0.05, 0) is 50.3 Å². The summed E-state index contributed by atoms with van der Waals surface area (Å²) in [5.74, 6) is 0.898. The zero-order valence-electron chi connectivity index (χ0n) is 10.8. The average molecular weight is 303 g/mol. The molecule has 3 rings (SSSR count). The molecule has 0 spiro atoms. The molecule has 2 heteroatoms. The quantitative estimate of drug-likeness (QED) is 0.738. The number of benzene rings is 2. The van der Waals surface area contributed by atoms with Gasteiger partial charge in [0.2, 0.25) is 0 Å². The number of halogens is 1. The van der Waals surface area contributed by atoms with E-state index >= 15 is 0 Å². The summed E-state index contributed by atoms with van der Waals surface area (Å²) in [5, 5.41) is 0. The van der Waals surface area contributed by atoms with Crippen LogP contribution in [-0.4, -0.2) is 7.11 Å². The maximum atomic E-state index is 5.42. The standard InChI is InChI=1S/C16H15BrO/c1-16(2)12-7-5-4-6-10(12)11-8-14(17)15(18-3)9-13(11)16/h4-9H,1-3H3. The van der Waals surface area contributed by atoms with Crippen molar-refractivity contribution in [1.29, 1.82) is 0 Å². The fourth-order valence-corrected chi connectivity index (χ4v) is 3.36. The molecule has 92 valence electrons. The lowest BCUT2D eigenvalue weighted by Gasteiger charge is -2.21. The first kappa shape index (κ1) is 11.8. The molecule has 0 atom stereocenters. The average Bonchev–Trinajstić information content (AvgIpc) is 2.58. The summed E-state index contributed by atoms with van der Waals surface area (Å²) < 4.78 is 6.43. The van der Waals surface area contributed by atoms with E-state index in [1.54, 1.807) is 7.11 Å². The highest BCUT2D eigenvalue weighted by Crippen LogP contribution is 2.50. The molecule has 0 saturated carbocycles. The summed E-state index contributed by atoms with van der Waals surface area (Å²) in [7, 11) is 1.71. The van der Waals surface area contributed by atoms with E-state index in [4.69, 9.17) is 4.74 Å². The van der Waals surface area contributed by atoms with Gasteiger partial charge in [0.25, 0.3) is 0 Å². The molecule has 18 heavy (non-hydrogen) atoms. The molecular weight excluding hydrogens is 288 g/mol. The molecule has 0 saturated heterocycles. The monoisotopic (exact) mass is 302 g/mol. The van der Waals surface area contributed by atoms with Crippen LogP contribution in [0.25, 0.3) is 11.1 Å². The minimum Gasteiger partial charge on any atom is -0.496 e. The fraction of sp³-hybridized carbons (Fsp3) is 0.250. The van der Waals surface area contributed by atoms with Crippen molar-refractivity contribution in [2.75, 3.05) is 7.11 Å². The van der Waals surface area contributed by atoms with E-state index in [9.17, 15) is 0 Å². The van der Waals surface area contributed by atoms with Gasteiger partial charge in [-0.25, -0.2) is 0 Å². The fourth-order valence-electron chi connectivity index (χ4n) is 2.86. The Hall–Kier alpha value is -1.28. The highest BCUT2D eigenvalue weighted by molar-refractivity contribution is 9.10. The maximum absolute atomic E-state index is 5.42. The largest absolute Gasteiger partial charge is 0.496 e. The summed E-state index contributed by atoms with van der Waals surface area (Å²) in [5.41, 5.74) is 5.41. The van der Waals surface area contributed by atoms with Crippen LogP contribution in [0.1, 0.15) is 25.0 Å². The SMILES string of the molecule is COc1cc2c(cc1Br)-c1ccccc1C2(C)C. The van der Waals surface area contributed by atoms with Crippen LogP contribution in [0, 0.1) is 0 Å². The zero-order valence-corrected chi connectivity index (χ0v) is 12.3. The van der Waals surface area contributed by atoms with Gasteiger partial charge in [-0.3, -0.25) is 0 Å². The van der Waals surface area contributed by atoms with Gasteiger partial charge in [-0.1, -0.05) is 38.1 Å². The molecule has 0 fully saturated rings. The first-order chi connectivity index (χ1) is 8.55. The summed E-state index contributed by atoms with van der Waals surface area (Å²) in [4.78, 5) is 0. The molecule has 2 aromatic rings. The Kier molecular flexibility index (Phi) is 2.53. The molecule has 1 nitrogen and oxygen atoms in total. The summed E-state index contributed by atoms with van der Waals surface area (Å²) in [6.45, 7) is 4.54. The number of methoxy groups -OCH3 is 1. The lowest BCUT2D eigenvalue weighted by Crippen LogP contribution is -2.14. The van der Waals surface area contributed by atoms with E-state index in [0.717, 1.165) is 10.2 Å². The molecule has 0 N–H and O–H groups in total. The smallest absolute Gasteiger partial charge is 0.133 e. The number of rotatable bonds is 1. The van der Waals surface area contributed by atoms with Gasteiger partial charge in [0.1, 0.15) is 5.75 Å². The Bertz CT molecular complexity index is 629. The second kappa shape index (κ2) is 3.86. The van der Waals surface area contributed by atoms with E-state index in [0.29, 0.717) is 0 Å². The Balaban J connectivity index is 2.35. The predicted octanol–water partition coefficient (Wildman–Crippen LogP) is 4.76. The molecule has 1 aliphatic carbocycles. The third-order valence-electron chi connectivity index (χ3n) is 3.86. The Morgan fingerprint density at radius 3 is 2.44 bits per heavy atom. The summed E-state index contributed by atoms with van der Waals surface area (Å²) in [6.07, 6.45) is 0. The van der Waals surface area contributed by atoms with Crippen LogP contribution in [0.5, 0.6) is 5.75 Å². The summed E-state index contributed by atoms with van der Waals surface area (Å²) >= 11 is 3.57. The van der Waals surface area contributed by atoms with Gasteiger partial charge >= 0.3 is 0 Å². The second-order valence-electron chi connectivity index (χ2n) is 5.20. The molecule has 0 unspecified atom stereocenters. The maximum Gasteiger partial charge on any atom is 0.133 e. The zero-order chi connectivity index (χ0) is 12.9. The molecule has 0 radical (unpaired) electrons. The van der Waals surface area contributed by atoms with E-state index in [2.05, 4.69) is 66.2 Å². The Labute approximate surface area is 116 Å². The van der Waals surface area contributed by atoms with Gasteiger partial charge in [0, 0.05) is 5.41 Å². The third-order valence-corrected chi connectivity index (χ3v) is 4.48. The van der Waals surface area contributed by atoms with E-state index < -0.39 is 0 Å². The molecule has 0 bridgehead atoms. The lowest BCUT2D eigenvalue weighted by molar-refractivity contribution is 0.411. The second-order valence-corrected chi connectivity index (χ2v) is 6.06. The number of hydrogen-bond acceptors (Lipinski definition) is 1. The molecule has 1 aliphatic rings. The lowest BCUT2D eigenvalue weighted by atomic mass is 9.82. The van der Waals surface area contributed by atoms with Gasteiger partial charge in [-0.2, -0.15) is 0 Å². The molecule has 0 amide bonds. The number of hydrogen-bond donors (Lipinski definition) is 0. The van der Waals surface area contributed by atoms with Crippen molar-refractivity contribution in [1.82, 2.24) is 0 Å². The highest BCUT2D eigenvalue weighted by atomic mass is 79.9. The molecule has 0 aliphatic heterocycles. The Morgan fingerprint density at radius 2 is 1.72 bits per heavy atom. The van der Waals surface area contributed by atoms with Crippen molar-refractivity contribution in [2.24, 2.45) is 0 Å². The van der Waals surface area contributed by atoms with Crippen molar-refractivity contribution in [3.8, 4) is 16.9 Å². The molecular formula is C16H15BrO. The number of ether oxygens (including phenoxy) is 1. The van der Waals surface area contributed by atoms with Crippen LogP contribution in [0.4, 0.5) is 0 Å². The van der Waals surface area contributed by atoms with Crippen LogP contribution >= 0.6 is 15.9 Å². The minimum atomic E-state index is 0.0416. The van der Waals surface area contributed by atoms with Crippen LogP contribution < -0.4 is 4.74 Å². The van der Waals surface area contributed by atoms with Crippen molar-refractivity contribution < 1.29 is 4.74 Å². The van der Waals surface area contributed by atoms with Crippen molar-refractivity contribution in [3.05, 3.63) is 52.0 Å². The topological polar surface area (TPSA) is 9.23 Å². The molecule has 0 heterocycles. The normalized spacial score (nSPS) is 15.1. The number of fused-ring (bicyclic) bond motifs is 3. The van der Waals surface area contributed by atoms with Gasteiger partial charge in [0.15, 0.2) is 0 Å². The van der Waals surface area contributed by atoms with E-state index in [-0.39, 0.29) is 5.41 Å². The predicted molar refractivity (Wildman–Crippen MR) is 78.3 cm³/mol. The minimum absolute atomic E-state index is 0.0416. The van der Waals surface area contributed by atoms with Crippen LogP contribution in [-0.2, 0) is 5.41 Å². The highest BCUT2D eigenvalue weighted by Gasteiger charge is 2.35. The Morgan fingerprint density at radius 1 is 1.00 bits per heavy atom. The van der Waals surface area contributed by atoms with E-state index in [1.165, 1.54) is 22.3 Å². The van der Waals surface area contributed by atoms with Gasteiger partial charge in [0.05, 0.1) is 11.6 Å². The third kappa shape index (κ3) is 1.45. The van der Waals surface area contributed by atoms with E-state index in [1.807, 2.05) is 0 Å². The van der Waals surface area contributed by atoms with Crippen molar-refractivity contribution in [2.45, 2.75) is 19.3 Å². The van der Waals surface area contributed by atoms with Crippen molar-refractivity contribution in [3.63, 3.8) is 0 Å². The van der Waals surface area contributed by atoms with Crippen LogP contribution in [0.15, 0.2) is 40.9 Å². The van der Waals surface area contributed by atoms with Crippen LogP contribution in [0.3, 0.4) is 0 Å². The van der Waals surface area contributed by atoms with Crippen molar-refractivity contribution >= 4 is 15.9 Å². The van der Waals surface area contributed by atoms with Crippen LogP contribution in [0.2, 0.25) is 0 Å². The molecule has 0 aromatic heterocycles.